The van der Waals surface area contributed by atoms with Crippen molar-refractivity contribution in [1.82, 2.24) is 5.32 Å². The first-order valence-corrected chi connectivity index (χ1v) is 8.73. The fourth-order valence-corrected chi connectivity index (χ4v) is 3.92. The van der Waals surface area contributed by atoms with Gasteiger partial charge >= 0.3 is 0 Å². The number of halogens is 1. The molecule has 22 heavy (non-hydrogen) atoms. The Bertz CT molecular complexity index is 753. The van der Waals surface area contributed by atoms with E-state index in [1.807, 2.05) is 0 Å². The van der Waals surface area contributed by atoms with Crippen LogP contribution in [0.4, 0.5) is 5.69 Å². The molecule has 1 unspecified atom stereocenters. The van der Waals surface area contributed by atoms with E-state index >= 15 is 0 Å². The fraction of sp³-hybridized carbons (Fsp3) is 0.286. The average Bonchev–Trinajstić information content (AvgIpc) is 2.79. The van der Waals surface area contributed by atoms with E-state index in [4.69, 9.17) is 16.9 Å². The van der Waals surface area contributed by atoms with Gasteiger partial charge in [0.2, 0.25) is 0 Å². The van der Waals surface area contributed by atoms with Crippen molar-refractivity contribution in [2.45, 2.75) is 12.5 Å². The molecule has 6 nitrogen and oxygen atoms in total. The zero-order valence-electron chi connectivity index (χ0n) is 11.5. The number of carbonyl (C=O) groups excluding carboxylic acids is 1. The highest BCUT2D eigenvalue weighted by atomic mass is 35.5. The fourth-order valence-electron chi connectivity index (χ4n) is 2.04. The summed E-state index contributed by atoms with van der Waals surface area (Å²) in [5.74, 6) is -0.453. The number of anilines is 1. The molecule has 1 aromatic carbocycles. The molecule has 1 aliphatic rings. The largest absolute Gasteiger partial charge is 0.386 e. The van der Waals surface area contributed by atoms with Crippen LogP contribution in [-0.4, -0.2) is 31.9 Å². The molecule has 0 spiro atoms. The standard InChI is InChI=1S/C14H14ClN3O3S/c15-11-2-1-3-12(6-11)18-14(19)10(7-16)8-17-13-4-5-22(20,21)9-13/h1-3,6,8,13,17H,4-5,9H2,(H,18,19)/b10-8-. The van der Waals surface area contributed by atoms with E-state index in [0.29, 0.717) is 17.1 Å². The van der Waals surface area contributed by atoms with E-state index in [1.165, 1.54) is 6.20 Å². The van der Waals surface area contributed by atoms with Crippen molar-refractivity contribution in [3.05, 3.63) is 41.1 Å². The van der Waals surface area contributed by atoms with Gasteiger partial charge in [0.1, 0.15) is 11.6 Å². The summed E-state index contributed by atoms with van der Waals surface area (Å²) in [5, 5.41) is 14.9. The molecule has 2 N–H and O–H groups in total. The number of nitrogens with zero attached hydrogens (tertiary/aromatic N) is 1. The zero-order valence-corrected chi connectivity index (χ0v) is 13.1. The lowest BCUT2D eigenvalue weighted by Crippen LogP contribution is -2.27. The summed E-state index contributed by atoms with van der Waals surface area (Å²) >= 11 is 5.82. The highest BCUT2D eigenvalue weighted by Crippen LogP contribution is 2.16. The number of rotatable bonds is 4. The Morgan fingerprint density at radius 2 is 2.23 bits per heavy atom. The van der Waals surface area contributed by atoms with Crippen molar-refractivity contribution in [3.63, 3.8) is 0 Å². The van der Waals surface area contributed by atoms with Gasteiger partial charge in [0.15, 0.2) is 9.84 Å². The number of nitrogens with one attached hydrogen (secondary N) is 2. The number of nitriles is 1. The molecule has 0 saturated carbocycles. The maximum absolute atomic E-state index is 12.0. The van der Waals surface area contributed by atoms with Crippen LogP contribution in [-0.2, 0) is 14.6 Å². The normalized spacial score (nSPS) is 20.2. The van der Waals surface area contributed by atoms with E-state index in [9.17, 15) is 13.2 Å². The van der Waals surface area contributed by atoms with E-state index in [2.05, 4.69) is 10.6 Å². The molecule has 116 valence electrons. The third-order valence-electron chi connectivity index (χ3n) is 3.14. The molecular formula is C14H14ClN3O3S. The van der Waals surface area contributed by atoms with E-state index < -0.39 is 15.7 Å². The SMILES string of the molecule is N#C/C(=C/NC1CCS(=O)(=O)C1)C(=O)Nc1cccc(Cl)c1. The van der Waals surface area contributed by atoms with Crippen molar-refractivity contribution >= 4 is 33.0 Å². The summed E-state index contributed by atoms with van der Waals surface area (Å²) in [4.78, 5) is 12.0. The summed E-state index contributed by atoms with van der Waals surface area (Å²) < 4.78 is 22.7. The Morgan fingerprint density at radius 3 is 2.82 bits per heavy atom. The van der Waals surface area contributed by atoms with Gasteiger partial charge in [-0.05, 0) is 24.6 Å². The summed E-state index contributed by atoms with van der Waals surface area (Å²) in [6.45, 7) is 0. The molecule has 1 atom stereocenters. The number of benzene rings is 1. The third kappa shape index (κ3) is 4.48. The van der Waals surface area contributed by atoms with Crippen molar-refractivity contribution in [2.75, 3.05) is 16.8 Å². The Morgan fingerprint density at radius 1 is 1.45 bits per heavy atom. The predicted octanol–water partition coefficient (Wildman–Crippen LogP) is 1.46. The quantitative estimate of drug-likeness (QED) is 0.639. The summed E-state index contributed by atoms with van der Waals surface area (Å²) in [6.07, 6.45) is 1.72. The number of amides is 1. The maximum Gasteiger partial charge on any atom is 0.267 e. The topological polar surface area (TPSA) is 99.1 Å². The second-order valence-electron chi connectivity index (χ2n) is 4.90. The zero-order chi connectivity index (χ0) is 16.2. The van der Waals surface area contributed by atoms with Gasteiger partial charge in [-0.25, -0.2) is 8.42 Å². The lowest BCUT2D eigenvalue weighted by Gasteiger charge is -2.09. The van der Waals surface area contributed by atoms with Gasteiger partial charge in [-0.1, -0.05) is 17.7 Å². The Kier molecular flexibility index (Phi) is 5.06. The second-order valence-corrected chi connectivity index (χ2v) is 7.57. The van der Waals surface area contributed by atoms with E-state index in [0.717, 1.165) is 0 Å². The summed E-state index contributed by atoms with van der Waals surface area (Å²) in [5.41, 5.74) is 0.339. The molecule has 0 radical (unpaired) electrons. The van der Waals surface area contributed by atoms with Crippen molar-refractivity contribution in [2.24, 2.45) is 0 Å². The highest BCUT2D eigenvalue weighted by molar-refractivity contribution is 7.91. The molecule has 0 aliphatic carbocycles. The average molecular weight is 340 g/mol. The third-order valence-corrected chi connectivity index (χ3v) is 5.15. The minimum absolute atomic E-state index is 0.0120. The van der Waals surface area contributed by atoms with Crippen molar-refractivity contribution in [1.29, 1.82) is 5.26 Å². The first-order chi connectivity index (χ1) is 10.4. The van der Waals surface area contributed by atoms with Gasteiger partial charge in [0.25, 0.3) is 5.91 Å². The lowest BCUT2D eigenvalue weighted by atomic mass is 10.2. The lowest BCUT2D eigenvalue weighted by molar-refractivity contribution is -0.112. The Labute approximate surface area is 133 Å². The number of carbonyl (C=O) groups is 1. The molecule has 8 heteroatoms. The molecule has 0 aromatic heterocycles. The molecule has 1 saturated heterocycles. The predicted molar refractivity (Wildman–Crippen MR) is 84.0 cm³/mol. The highest BCUT2D eigenvalue weighted by Gasteiger charge is 2.27. The molecule has 1 fully saturated rings. The molecule has 1 aliphatic heterocycles. The molecule has 1 heterocycles. The minimum atomic E-state index is -3.01. The van der Waals surface area contributed by atoms with Crippen LogP contribution in [0.15, 0.2) is 36.0 Å². The molecular weight excluding hydrogens is 326 g/mol. The van der Waals surface area contributed by atoms with Crippen LogP contribution < -0.4 is 10.6 Å². The van der Waals surface area contributed by atoms with Crippen LogP contribution in [0.5, 0.6) is 0 Å². The molecule has 1 aromatic rings. The first-order valence-electron chi connectivity index (χ1n) is 6.53. The monoisotopic (exact) mass is 339 g/mol. The number of hydrogen-bond acceptors (Lipinski definition) is 5. The number of hydrogen-bond donors (Lipinski definition) is 2. The number of sulfone groups is 1. The summed E-state index contributed by atoms with van der Waals surface area (Å²) in [6, 6.07) is 8.07. The Balaban J connectivity index is 2.00. The molecule has 0 bridgehead atoms. The van der Waals surface area contributed by atoms with Gasteiger partial charge in [-0.2, -0.15) is 5.26 Å². The maximum atomic E-state index is 12.0. The first kappa shape index (κ1) is 16.3. The van der Waals surface area contributed by atoms with Crippen molar-refractivity contribution < 1.29 is 13.2 Å². The van der Waals surface area contributed by atoms with Crippen LogP contribution in [0.3, 0.4) is 0 Å². The smallest absolute Gasteiger partial charge is 0.267 e. The van der Waals surface area contributed by atoms with Gasteiger partial charge in [0, 0.05) is 23.0 Å². The summed E-state index contributed by atoms with van der Waals surface area (Å²) in [7, 11) is -3.01. The second kappa shape index (κ2) is 6.81. The molecule has 1 amide bonds. The van der Waals surface area contributed by atoms with Gasteiger partial charge in [-0.15, -0.1) is 0 Å². The van der Waals surface area contributed by atoms with E-state index in [1.54, 1.807) is 30.3 Å². The Hall–Kier alpha value is -2.04. The van der Waals surface area contributed by atoms with Crippen LogP contribution in [0, 0.1) is 11.3 Å². The van der Waals surface area contributed by atoms with Crippen LogP contribution >= 0.6 is 11.6 Å². The van der Waals surface area contributed by atoms with Crippen LogP contribution in [0.1, 0.15) is 6.42 Å². The van der Waals surface area contributed by atoms with Crippen molar-refractivity contribution in [3.8, 4) is 6.07 Å². The minimum Gasteiger partial charge on any atom is -0.386 e. The van der Waals surface area contributed by atoms with Gasteiger partial charge < -0.3 is 10.6 Å². The van der Waals surface area contributed by atoms with Gasteiger partial charge in [-0.3, -0.25) is 4.79 Å². The van der Waals surface area contributed by atoms with Crippen LogP contribution in [0.2, 0.25) is 5.02 Å². The molecule has 2 rings (SSSR count). The van der Waals surface area contributed by atoms with Gasteiger partial charge in [0.05, 0.1) is 11.5 Å². The van der Waals surface area contributed by atoms with E-state index in [-0.39, 0.29) is 23.1 Å². The van der Waals surface area contributed by atoms with Crippen LogP contribution in [0.25, 0.3) is 0 Å².